The van der Waals surface area contributed by atoms with Crippen molar-refractivity contribution in [2.24, 2.45) is 0 Å². The SMILES string of the molecule is CC(=O)Nc1nc(=O)n(C2OC(C)C(O)C2O)cc1F. The van der Waals surface area contributed by atoms with Gasteiger partial charge in [0.15, 0.2) is 17.9 Å². The summed E-state index contributed by atoms with van der Waals surface area (Å²) in [5.74, 6) is -2.03. The molecular formula is C11H14FN3O5. The highest BCUT2D eigenvalue weighted by Crippen LogP contribution is 2.28. The normalized spacial score (nSPS) is 29.4. The number of halogens is 1. The number of nitrogens with zero attached hydrogens (tertiary/aromatic N) is 2. The lowest BCUT2D eigenvalue weighted by Crippen LogP contribution is -2.36. The van der Waals surface area contributed by atoms with Crippen molar-refractivity contribution in [1.29, 1.82) is 0 Å². The monoisotopic (exact) mass is 287 g/mol. The van der Waals surface area contributed by atoms with E-state index in [9.17, 15) is 24.2 Å². The summed E-state index contributed by atoms with van der Waals surface area (Å²) in [5.41, 5.74) is -0.916. The number of hydrogen-bond acceptors (Lipinski definition) is 6. The lowest BCUT2D eigenvalue weighted by atomic mass is 10.1. The number of ether oxygens (including phenoxy) is 1. The topological polar surface area (TPSA) is 114 Å². The fourth-order valence-corrected chi connectivity index (χ4v) is 1.94. The molecule has 8 nitrogen and oxygen atoms in total. The molecule has 0 spiro atoms. The summed E-state index contributed by atoms with van der Waals surface area (Å²) in [7, 11) is 0. The molecule has 20 heavy (non-hydrogen) atoms. The van der Waals surface area contributed by atoms with Gasteiger partial charge in [-0.15, -0.1) is 0 Å². The summed E-state index contributed by atoms with van der Waals surface area (Å²) in [6, 6.07) is 0. The van der Waals surface area contributed by atoms with E-state index in [0.29, 0.717) is 0 Å². The van der Waals surface area contributed by atoms with Gasteiger partial charge in [0.2, 0.25) is 5.91 Å². The second-order valence-electron chi connectivity index (χ2n) is 4.52. The van der Waals surface area contributed by atoms with Crippen LogP contribution < -0.4 is 11.0 Å². The third kappa shape index (κ3) is 2.55. The highest BCUT2D eigenvalue weighted by molar-refractivity contribution is 5.87. The molecule has 2 rings (SSSR count). The van der Waals surface area contributed by atoms with E-state index in [-0.39, 0.29) is 0 Å². The van der Waals surface area contributed by atoms with Crippen LogP contribution in [0.15, 0.2) is 11.0 Å². The van der Waals surface area contributed by atoms with Gasteiger partial charge in [-0.25, -0.2) is 9.18 Å². The van der Waals surface area contributed by atoms with Crippen molar-refractivity contribution in [3.8, 4) is 0 Å². The number of carbonyl (C=O) groups excluding carboxylic acids is 1. The zero-order valence-corrected chi connectivity index (χ0v) is 10.8. The zero-order valence-electron chi connectivity index (χ0n) is 10.8. The van der Waals surface area contributed by atoms with Crippen LogP contribution >= 0.6 is 0 Å². The van der Waals surface area contributed by atoms with Gasteiger partial charge in [0, 0.05) is 6.92 Å². The van der Waals surface area contributed by atoms with Crippen LogP contribution in [0.1, 0.15) is 20.1 Å². The van der Waals surface area contributed by atoms with E-state index >= 15 is 0 Å². The Bertz CT molecular complexity index is 590. The Morgan fingerprint density at radius 1 is 1.50 bits per heavy atom. The van der Waals surface area contributed by atoms with E-state index in [1.54, 1.807) is 0 Å². The van der Waals surface area contributed by atoms with E-state index in [2.05, 4.69) is 10.3 Å². The van der Waals surface area contributed by atoms with E-state index in [0.717, 1.165) is 17.7 Å². The number of aliphatic hydroxyl groups excluding tert-OH is 2. The molecular weight excluding hydrogens is 273 g/mol. The van der Waals surface area contributed by atoms with Crippen molar-refractivity contribution >= 4 is 11.7 Å². The highest BCUT2D eigenvalue weighted by atomic mass is 19.1. The molecule has 4 atom stereocenters. The summed E-state index contributed by atoms with van der Waals surface area (Å²) < 4.78 is 19.7. The van der Waals surface area contributed by atoms with Gasteiger partial charge in [0.25, 0.3) is 0 Å². The largest absolute Gasteiger partial charge is 0.388 e. The number of aliphatic hydroxyl groups is 2. The van der Waals surface area contributed by atoms with Gasteiger partial charge in [0.05, 0.1) is 12.3 Å². The molecule has 1 amide bonds. The van der Waals surface area contributed by atoms with Crippen LogP contribution in [0, 0.1) is 5.82 Å². The molecule has 2 heterocycles. The summed E-state index contributed by atoms with van der Waals surface area (Å²) in [6.07, 6.45) is -3.75. The van der Waals surface area contributed by atoms with Crippen molar-refractivity contribution < 1.29 is 24.1 Å². The first-order chi connectivity index (χ1) is 9.31. The van der Waals surface area contributed by atoms with Crippen LogP contribution in [0.25, 0.3) is 0 Å². The Kier molecular flexibility index (Phi) is 3.84. The Morgan fingerprint density at radius 3 is 2.65 bits per heavy atom. The molecule has 1 aromatic heterocycles. The first-order valence-electron chi connectivity index (χ1n) is 5.89. The smallest absolute Gasteiger partial charge is 0.351 e. The average molecular weight is 287 g/mol. The molecule has 0 aromatic carbocycles. The van der Waals surface area contributed by atoms with E-state index in [1.807, 2.05) is 0 Å². The quantitative estimate of drug-likeness (QED) is 0.641. The number of rotatable bonds is 2. The van der Waals surface area contributed by atoms with Crippen LogP contribution in [0.4, 0.5) is 10.2 Å². The molecule has 4 unspecified atom stereocenters. The number of nitrogens with one attached hydrogen (secondary N) is 1. The number of anilines is 1. The Labute approximate surface area is 112 Å². The standard InChI is InChI=1S/C11H14FN3O5/c1-4-7(17)8(18)10(20-4)15-3-6(12)9(13-5(2)16)14-11(15)19/h3-4,7-8,10,17-18H,1-2H3,(H,13,14,16,19). The molecule has 0 aliphatic carbocycles. The van der Waals surface area contributed by atoms with Crippen LogP contribution in [-0.2, 0) is 9.53 Å². The third-order valence-corrected chi connectivity index (χ3v) is 2.95. The maximum atomic E-state index is 13.7. The molecule has 9 heteroatoms. The van der Waals surface area contributed by atoms with Crippen molar-refractivity contribution in [2.45, 2.75) is 38.4 Å². The minimum Gasteiger partial charge on any atom is -0.388 e. The van der Waals surface area contributed by atoms with Crippen LogP contribution in [0.3, 0.4) is 0 Å². The van der Waals surface area contributed by atoms with Crippen molar-refractivity contribution in [3.05, 3.63) is 22.5 Å². The second-order valence-corrected chi connectivity index (χ2v) is 4.52. The summed E-state index contributed by atoms with van der Waals surface area (Å²) in [6.45, 7) is 2.66. The first-order valence-corrected chi connectivity index (χ1v) is 5.89. The van der Waals surface area contributed by atoms with Gasteiger partial charge >= 0.3 is 5.69 Å². The van der Waals surface area contributed by atoms with E-state index < -0.39 is 47.8 Å². The third-order valence-electron chi connectivity index (χ3n) is 2.95. The highest BCUT2D eigenvalue weighted by Gasteiger charge is 2.42. The van der Waals surface area contributed by atoms with E-state index in [1.165, 1.54) is 6.92 Å². The molecule has 0 radical (unpaired) electrons. The number of hydrogen-bond donors (Lipinski definition) is 3. The number of carbonyl (C=O) groups is 1. The maximum absolute atomic E-state index is 13.7. The fourth-order valence-electron chi connectivity index (χ4n) is 1.94. The zero-order chi connectivity index (χ0) is 15.0. The average Bonchev–Trinajstić information content (AvgIpc) is 2.61. The van der Waals surface area contributed by atoms with Gasteiger partial charge in [-0.1, -0.05) is 0 Å². The first kappa shape index (κ1) is 14.6. The molecule has 3 N–H and O–H groups in total. The van der Waals surface area contributed by atoms with Gasteiger partial charge in [-0.2, -0.15) is 4.98 Å². The predicted molar refractivity (Wildman–Crippen MR) is 64.4 cm³/mol. The van der Waals surface area contributed by atoms with Gasteiger partial charge < -0.3 is 20.3 Å². The summed E-state index contributed by atoms with van der Waals surface area (Å²) >= 11 is 0. The molecule has 110 valence electrons. The fraction of sp³-hybridized carbons (Fsp3) is 0.545. The molecule has 1 fully saturated rings. The minimum absolute atomic E-state index is 0.500. The van der Waals surface area contributed by atoms with Crippen LogP contribution in [0.5, 0.6) is 0 Å². The Morgan fingerprint density at radius 2 is 2.15 bits per heavy atom. The number of amides is 1. The molecule has 0 saturated carbocycles. The molecule has 1 saturated heterocycles. The van der Waals surface area contributed by atoms with Gasteiger partial charge in [-0.05, 0) is 6.92 Å². The molecule has 0 bridgehead atoms. The number of aromatic nitrogens is 2. The van der Waals surface area contributed by atoms with Crippen LogP contribution in [-0.4, -0.2) is 44.0 Å². The Hall–Kier alpha value is -1.84. The lowest BCUT2D eigenvalue weighted by Gasteiger charge is -2.17. The molecule has 1 aromatic rings. The van der Waals surface area contributed by atoms with Crippen molar-refractivity contribution in [2.75, 3.05) is 5.32 Å². The van der Waals surface area contributed by atoms with Gasteiger partial charge in [-0.3, -0.25) is 9.36 Å². The second kappa shape index (κ2) is 5.27. The minimum atomic E-state index is -1.38. The van der Waals surface area contributed by atoms with Gasteiger partial charge in [0.1, 0.15) is 12.2 Å². The van der Waals surface area contributed by atoms with Crippen molar-refractivity contribution in [3.63, 3.8) is 0 Å². The Balaban J connectivity index is 2.37. The summed E-state index contributed by atoms with van der Waals surface area (Å²) in [5, 5.41) is 21.4. The lowest BCUT2D eigenvalue weighted by molar-refractivity contribution is -0.114. The predicted octanol–water partition coefficient (Wildman–Crippen LogP) is -1.02. The maximum Gasteiger partial charge on any atom is 0.351 e. The molecule has 1 aliphatic heterocycles. The van der Waals surface area contributed by atoms with Crippen molar-refractivity contribution in [1.82, 2.24) is 9.55 Å². The molecule has 1 aliphatic rings. The summed E-state index contributed by atoms with van der Waals surface area (Å²) in [4.78, 5) is 26.0. The van der Waals surface area contributed by atoms with E-state index in [4.69, 9.17) is 4.74 Å². The van der Waals surface area contributed by atoms with Crippen LogP contribution in [0.2, 0.25) is 0 Å².